The molecule has 3 aromatic rings. The number of hydrogen-bond donors (Lipinski definition) is 1. The molecule has 6 heteroatoms. The number of carbonyl (C=O) groups excluding carboxylic acids is 2. The maximum atomic E-state index is 13.4. The van der Waals surface area contributed by atoms with Gasteiger partial charge in [0, 0.05) is 15.6 Å². The number of benzene rings is 3. The van der Waals surface area contributed by atoms with Gasteiger partial charge in [0.1, 0.15) is 5.75 Å². The molecule has 0 radical (unpaired) electrons. The fourth-order valence-corrected chi connectivity index (χ4v) is 4.09. The van der Waals surface area contributed by atoms with Gasteiger partial charge < -0.3 is 14.7 Å². The van der Waals surface area contributed by atoms with Crippen LogP contribution in [0.1, 0.15) is 27.9 Å². The standard InChI is InChI=1S/C24H20BrNO4/c1-30-19-10-7-17(8-11-19)22(27)14-24(29)20-13-18(25)9-12-21(20)26(23(24)28)15-16-5-3-2-4-6-16/h2-13,29H,14-15H2,1H3/t24-/m0/s1. The zero-order chi connectivity index (χ0) is 21.3. The van der Waals surface area contributed by atoms with Crippen molar-refractivity contribution >= 4 is 33.3 Å². The minimum Gasteiger partial charge on any atom is -0.497 e. The zero-order valence-electron chi connectivity index (χ0n) is 16.3. The van der Waals surface area contributed by atoms with E-state index >= 15 is 0 Å². The van der Waals surface area contributed by atoms with Crippen LogP contribution < -0.4 is 9.64 Å². The smallest absolute Gasteiger partial charge is 0.264 e. The Labute approximate surface area is 183 Å². The lowest BCUT2D eigenvalue weighted by Crippen LogP contribution is -2.41. The van der Waals surface area contributed by atoms with Crippen molar-refractivity contribution in [2.45, 2.75) is 18.6 Å². The van der Waals surface area contributed by atoms with E-state index in [0.29, 0.717) is 29.1 Å². The zero-order valence-corrected chi connectivity index (χ0v) is 17.9. The Balaban J connectivity index is 1.68. The van der Waals surface area contributed by atoms with Crippen molar-refractivity contribution in [1.82, 2.24) is 0 Å². The summed E-state index contributed by atoms with van der Waals surface area (Å²) in [7, 11) is 1.55. The first-order chi connectivity index (χ1) is 14.4. The van der Waals surface area contributed by atoms with Gasteiger partial charge in [-0.15, -0.1) is 0 Å². The van der Waals surface area contributed by atoms with Crippen LogP contribution >= 0.6 is 15.9 Å². The molecular weight excluding hydrogens is 446 g/mol. The Morgan fingerprint density at radius 2 is 1.77 bits per heavy atom. The lowest BCUT2D eigenvalue weighted by atomic mass is 9.88. The van der Waals surface area contributed by atoms with E-state index in [1.165, 1.54) is 0 Å². The molecule has 1 N–H and O–H groups in total. The number of fused-ring (bicyclic) bond motifs is 1. The quantitative estimate of drug-likeness (QED) is 0.545. The molecule has 5 nitrogen and oxygen atoms in total. The van der Waals surface area contributed by atoms with Crippen LogP contribution in [0.25, 0.3) is 0 Å². The fraction of sp³-hybridized carbons (Fsp3) is 0.167. The van der Waals surface area contributed by atoms with Crippen LogP contribution in [0.5, 0.6) is 5.75 Å². The van der Waals surface area contributed by atoms with Crippen LogP contribution in [-0.2, 0) is 16.9 Å². The van der Waals surface area contributed by atoms with Gasteiger partial charge in [-0.25, -0.2) is 0 Å². The Morgan fingerprint density at radius 3 is 2.43 bits per heavy atom. The summed E-state index contributed by atoms with van der Waals surface area (Å²) in [5, 5.41) is 11.5. The summed E-state index contributed by atoms with van der Waals surface area (Å²) in [4.78, 5) is 27.8. The van der Waals surface area contributed by atoms with Crippen molar-refractivity contribution in [3.8, 4) is 5.75 Å². The molecule has 0 saturated heterocycles. The molecule has 152 valence electrons. The average Bonchev–Trinajstić information content (AvgIpc) is 2.96. The van der Waals surface area contributed by atoms with Gasteiger partial charge in [-0.1, -0.05) is 46.3 Å². The largest absolute Gasteiger partial charge is 0.497 e. The fourth-order valence-electron chi connectivity index (χ4n) is 3.73. The molecule has 0 bridgehead atoms. The lowest BCUT2D eigenvalue weighted by Gasteiger charge is -2.23. The predicted octanol–water partition coefficient (Wildman–Crippen LogP) is 4.47. The topological polar surface area (TPSA) is 66.8 Å². The molecule has 1 heterocycles. The molecule has 0 fully saturated rings. The van der Waals surface area contributed by atoms with E-state index < -0.39 is 11.5 Å². The summed E-state index contributed by atoms with van der Waals surface area (Å²) in [6.45, 7) is 0.313. The number of methoxy groups -OCH3 is 1. The van der Waals surface area contributed by atoms with E-state index in [4.69, 9.17) is 4.74 Å². The first-order valence-electron chi connectivity index (χ1n) is 9.48. The van der Waals surface area contributed by atoms with Crippen LogP contribution in [0.3, 0.4) is 0 Å². The number of nitrogens with zero attached hydrogens (tertiary/aromatic N) is 1. The molecule has 0 aromatic heterocycles. The van der Waals surface area contributed by atoms with Crippen molar-refractivity contribution in [2.24, 2.45) is 0 Å². The summed E-state index contributed by atoms with van der Waals surface area (Å²) < 4.78 is 5.85. The second-order valence-electron chi connectivity index (χ2n) is 7.23. The second kappa shape index (κ2) is 8.05. The Hall–Kier alpha value is -2.96. The molecule has 3 aromatic carbocycles. The molecule has 4 rings (SSSR count). The number of amides is 1. The van der Waals surface area contributed by atoms with Gasteiger partial charge >= 0.3 is 0 Å². The van der Waals surface area contributed by atoms with E-state index in [9.17, 15) is 14.7 Å². The number of ether oxygens (including phenoxy) is 1. The number of aliphatic hydroxyl groups is 1. The van der Waals surface area contributed by atoms with Crippen molar-refractivity contribution in [3.05, 3.63) is 94.0 Å². The van der Waals surface area contributed by atoms with Gasteiger partial charge in [-0.3, -0.25) is 9.59 Å². The molecule has 0 unspecified atom stereocenters. The van der Waals surface area contributed by atoms with Gasteiger partial charge in [0.25, 0.3) is 5.91 Å². The van der Waals surface area contributed by atoms with Crippen molar-refractivity contribution < 1.29 is 19.4 Å². The van der Waals surface area contributed by atoms with E-state index in [1.807, 2.05) is 36.4 Å². The number of anilines is 1. The number of carbonyl (C=O) groups is 2. The molecular formula is C24H20BrNO4. The molecule has 1 aliphatic rings. The van der Waals surface area contributed by atoms with Gasteiger partial charge in [0.05, 0.1) is 25.8 Å². The number of hydrogen-bond acceptors (Lipinski definition) is 4. The van der Waals surface area contributed by atoms with Gasteiger partial charge in [0.15, 0.2) is 11.4 Å². The predicted molar refractivity (Wildman–Crippen MR) is 118 cm³/mol. The summed E-state index contributed by atoms with van der Waals surface area (Å²) in [5.41, 5.74) is 0.461. The SMILES string of the molecule is COc1ccc(C(=O)C[C@@]2(O)C(=O)N(Cc3ccccc3)c3ccc(Br)cc32)cc1. The third-order valence-corrected chi connectivity index (χ3v) is 5.80. The Kier molecular flexibility index (Phi) is 5.45. The maximum Gasteiger partial charge on any atom is 0.264 e. The van der Waals surface area contributed by atoms with Crippen LogP contribution in [-0.4, -0.2) is 23.9 Å². The molecule has 1 aliphatic heterocycles. The number of rotatable bonds is 6. The van der Waals surface area contributed by atoms with Crippen LogP contribution in [0.2, 0.25) is 0 Å². The van der Waals surface area contributed by atoms with E-state index in [0.717, 1.165) is 10.0 Å². The van der Waals surface area contributed by atoms with Crippen LogP contribution in [0.4, 0.5) is 5.69 Å². The first-order valence-corrected chi connectivity index (χ1v) is 10.3. The maximum absolute atomic E-state index is 13.4. The van der Waals surface area contributed by atoms with Crippen LogP contribution in [0, 0.1) is 0 Å². The van der Waals surface area contributed by atoms with Crippen molar-refractivity contribution in [1.29, 1.82) is 0 Å². The van der Waals surface area contributed by atoms with Gasteiger partial charge in [0.2, 0.25) is 0 Å². The normalized spacial score (nSPS) is 17.7. The van der Waals surface area contributed by atoms with E-state index in [1.54, 1.807) is 48.4 Å². The van der Waals surface area contributed by atoms with Gasteiger partial charge in [-0.2, -0.15) is 0 Å². The summed E-state index contributed by atoms with van der Waals surface area (Å²) in [5.74, 6) is -0.187. The Bertz CT molecular complexity index is 1100. The highest BCUT2D eigenvalue weighted by atomic mass is 79.9. The highest BCUT2D eigenvalue weighted by molar-refractivity contribution is 9.10. The highest BCUT2D eigenvalue weighted by Gasteiger charge is 2.51. The summed E-state index contributed by atoms with van der Waals surface area (Å²) in [6, 6.07) is 21.5. The molecule has 0 aliphatic carbocycles. The number of halogens is 1. The molecule has 1 atom stereocenters. The Morgan fingerprint density at radius 1 is 1.07 bits per heavy atom. The lowest BCUT2D eigenvalue weighted by molar-refractivity contribution is -0.136. The molecule has 1 amide bonds. The molecule has 30 heavy (non-hydrogen) atoms. The first kappa shape index (κ1) is 20.3. The summed E-state index contributed by atoms with van der Waals surface area (Å²) >= 11 is 3.41. The highest BCUT2D eigenvalue weighted by Crippen LogP contribution is 2.44. The monoisotopic (exact) mass is 465 g/mol. The second-order valence-corrected chi connectivity index (χ2v) is 8.14. The minimum absolute atomic E-state index is 0.313. The number of Topliss-reactive ketones (excluding diaryl/α,β-unsaturated/α-hetero) is 1. The molecule has 0 saturated carbocycles. The third-order valence-electron chi connectivity index (χ3n) is 5.31. The summed E-state index contributed by atoms with van der Waals surface area (Å²) in [6.07, 6.45) is -0.340. The van der Waals surface area contributed by atoms with Gasteiger partial charge in [-0.05, 0) is 48.0 Å². The average molecular weight is 466 g/mol. The van der Waals surface area contributed by atoms with Crippen molar-refractivity contribution in [3.63, 3.8) is 0 Å². The van der Waals surface area contributed by atoms with E-state index in [2.05, 4.69) is 15.9 Å². The number of ketones is 1. The third kappa shape index (κ3) is 3.64. The van der Waals surface area contributed by atoms with Crippen molar-refractivity contribution in [2.75, 3.05) is 12.0 Å². The van der Waals surface area contributed by atoms with E-state index in [-0.39, 0.29) is 12.2 Å². The molecule has 0 spiro atoms. The van der Waals surface area contributed by atoms with Crippen LogP contribution in [0.15, 0.2) is 77.3 Å². The minimum atomic E-state index is -1.93.